The molecule has 6 aliphatic rings. The minimum atomic E-state index is -1.93. The van der Waals surface area contributed by atoms with Crippen molar-refractivity contribution in [3.05, 3.63) is 11.6 Å². The number of amides is 1. The van der Waals surface area contributed by atoms with Crippen LogP contribution in [0, 0.1) is 52.3 Å². The first kappa shape index (κ1) is 56.2. The summed E-state index contributed by atoms with van der Waals surface area (Å²) < 4.78 is 18.6. The summed E-state index contributed by atoms with van der Waals surface area (Å²) in [6, 6.07) is -1.03. The molecule has 16 nitrogen and oxygen atoms in total. The van der Waals surface area contributed by atoms with Crippen LogP contribution in [0.1, 0.15) is 140 Å². The molecule has 2 aliphatic heterocycles. The molecule has 0 radical (unpaired) electrons. The van der Waals surface area contributed by atoms with Gasteiger partial charge >= 0.3 is 5.97 Å². The van der Waals surface area contributed by atoms with Crippen LogP contribution in [0.3, 0.4) is 0 Å². The average molecular weight is 978 g/mol. The first-order chi connectivity index (χ1) is 32.0. The molecule has 22 atom stereocenters. The summed E-state index contributed by atoms with van der Waals surface area (Å²) in [5, 5.41) is 87.6. The molecule has 8 N–H and O–H groups in total. The Morgan fingerprint density at radius 1 is 0.942 bits per heavy atom. The van der Waals surface area contributed by atoms with Crippen LogP contribution in [-0.4, -0.2) is 175 Å². The van der Waals surface area contributed by atoms with E-state index in [9.17, 15) is 50.1 Å². The first-order valence-corrected chi connectivity index (χ1v) is 26.3. The van der Waals surface area contributed by atoms with Crippen molar-refractivity contribution in [2.24, 2.45) is 52.3 Å². The summed E-state index contributed by atoms with van der Waals surface area (Å²) in [5.41, 5.74) is -5.39. The van der Waals surface area contributed by atoms with E-state index in [1.165, 1.54) is 13.8 Å². The Bertz CT molecular complexity index is 1860. The van der Waals surface area contributed by atoms with Gasteiger partial charge in [0, 0.05) is 49.5 Å². The van der Waals surface area contributed by atoms with Crippen molar-refractivity contribution in [1.82, 2.24) is 15.1 Å². The van der Waals surface area contributed by atoms with Gasteiger partial charge in [0.15, 0.2) is 17.7 Å². The van der Waals surface area contributed by atoms with Crippen molar-refractivity contribution >= 4 is 17.7 Å². The van der Waals surface area contributed by atoms with E-state index in [0.29, 0.717) is 45.2 Å². The largest absolute Gasteiger partial charge is 0.459 e. The highest BCUT2D eigenvalue weighted by Gasteiger charge is 2.71. The molecular formula is C53H91N3O13. The molecule has 6 rings (SSSR count). The zero-order valence-electron chi connectivity index (χ0n) is 44.1. The van der Waals surface area contributed by atoms with E-state index in [1.54, 1.807) is 33.8 Å². The molecule has 69 heavy (non-hydrogen) atoms. The van der Waals surface area contributed by atoms with Gasteiger partial charge in [0.2, 0.25) is 0 Å². The molecule has 5 fully saturated rings. The Balaban J connectivity index is 1.22. The number of aliphatic hydroxyl groups is 7. The Labute approximate surface area is 411 Å². The molecule has 4 aliphatic carbocycles. The van der Waals surface area contributed by atoms with E-state index < -0.39 is 94.9 Å². The number of carbonyl (C=O) groups excluding carboxylic acids is 3. The number of allylic oxidation sites excluding steroid dienone is 1. The number of carbonyl (C=O) groups is 3. The molecule has 396 valence electrons. The Kier molecular flexibility index (Phi) is 17.1. The Morgan fingerprint density at radius 2 is 1.61 bits per heavy atom. The lowest BCUT2D eigenvalue weighted by Gasteiger charge is -2.60. The van der Waals surface area contributed by atoms with Gasteiger partial charge in [0.1, 0.15) is 23.9 Å². The fourth-order valence-electron chi connectivity index (χ4n) is 15.0. The van der Waals surface area contributed by atoms with Gasteiger partial charge in [-0.1, -0.05) is 47.1 Å². The number of cyclic esters (lactones) is 1. The second-order valence-corrected chi connectivity index (χ2v) is 24.3. The Hall–Kier alpha value is -2.09. The van der Waals surface area contributed by atoms with Crippen LogP contribution in [0.25, 0.3) is 0 Å². The van der Waals surface area contributed by atoms with Crippen LogP contribution >= 0.6 is 0 Å². The minimum absolute atomic E-state index is 0.00562. The lowest BCUT2D eigenvalue weighted by atomic mass is 9.45. The van der Waals surface area contributed by atoms with Crippen LogP contribution in [0.4, 0.5) is 0 Å². The van der Waals surface area contributed by atoms with Crippen molar-refractivity contribution in [2.45, 2.75) is 218 Å². The van der Waals surface area contributed by atoms with Crippen LogP contribution in [0.5, 0.6) is 0 Å². The highest BCUT2D eigenvalue weighted by atomic mass is 16.7. The summed E-state index contributed by atoms with van der Waals surface area (Å²) in [4.78, 5) is 44.6. The smallest absolute Gasteiger partial charge is 0.311 e. The number of nitrogens with zero attached hydrogens (tertiary/aromatic N) is 2. The van der Waals surface area contributed by atoms with Gasteiger partial charge in [0.05, 0.1) is 35.9 Å². The van der Waals surface area contributed by atoms with Crippen LogP contribution in [-0.2, 0) is 28.6 Å². The number of nitrogens with one attached hydrogen (secondary N) is 1. The van der Waals surface area contributed by atoms with Crippen molar-refractivity contribution in [3.63, 3.8) is 0 Å². The van der Waals surface area contributed by atoms with E-state index in [4.69, 9.17) is 14.2 Å². The third kappa shape index (κ3) is 10.4. The number of hydrogen-bond donors (Lipinski definition) is 8. The van der Waals surface area contributed by atoms with Gasteiger partial charge in [0.25, 0.3) is 5.91 Å². The maximum Gasteiger partial charge on any atom is 0.311 e. The summed E-state index contributed by atoms with van der Waals surface area (Å²) in [6.45, 7) is 20.5. The number of hydrogen-bond acceptors (Lipinski definition) is 15. The van der Waals surface area contributed by atoms with Crippen LogP contribution < -0.4 is 5.32 Å². The summed E-state index contributed by atoms with van der Waals surface area (Å²) in [7, 11) is 3.72. The summed E-state index contributed by atoms with van der Waals surface area (Å²) in [5.74, 6) is -3.77. The monoisotopic (exact) mass is 978 g/mol. The van der Waals surface area contributed by atoms with Gasteiger partial charge in [-0.25, -0.2) is 0 Å². The molecule has 0 aromatic rings. The lowest BCUT2D eigenvalue weighted by molar-refractivity contribution is -0.299. The van der Waals surface area contributed by atoms with Crippen LogP contribution in [0.15, 0.2) is 11.6 Å². The first-order valence-electron chi connectivity index (χ1n) is 26.3. The van der Waals surface area contributed by atoms with Crippen molar-refractivity contribution in [1.29, 1.82) is 0 Å². The molecule has 0 bridgehead atoms. The maximum absolute atomic E-state index is 14.5. The molecular weight excluding hydrogens is 887 g/mol. The molecule has 0 unspecified atom stereocenters. The maximum atomic E-state index is 14.5. The highest BCUT2D eigenvalue weighted by Crippen LogP contribution is 2.68. The number of ether oxygens (including phenoxy) is 3. The number of likely N-dealkylation sites (N-methyl/N-ethyl adjacent to an activating group) is 1. The molecule has 3 saturated carbocycles. The van der Waals surface area contributed by atoms with Crippen molar-refractivity contribution < 1.29 is 64.3 Å². The van der Waals surface area contributed by atoms with Gasteiger partial charge in [-0.3, -0.25) is 19.3 Å². The quantitative estimate of drug-likeness (QED) is 0.122. The highest BCUT2D eigenvalue weighted by molar-refractivity contribution is 5.91. The number of fused-ring (bicyclic) bond motifs is 5. The molecule has 0 aromatic heterocycles. The Morgan fingerprint density at radius 3 is 2.25 bits per heavy atom. The normalized spacial score (nSPS) is 49.4. The molecule has 0 spiro atoms. The third-order valence-electron chi connectivity index (χ3n) is 19.0. The summed E-state index contributed by atoms with van der Waals surface area (Å²) >= 11 is 0. The van der Waals surface area contributed by atoms with Crippen molar-refractivity contribution in [3.8, 4) is 0 Å². The molecule has 0 aromatic carbocycles. The second-order valence-electron chi connectivity index (χ2n) is 24.3. The van der Waals surface area contributed by atoms with Crippen molar-refractivity contribution in [2.75, 3.05) is 33.7 Å². The standard InChI is InChI=1S/C53H91N3O13/c1-14-40-52(11,65)44(61)33(7)56(27-28(2)25-51(10,64)45(31(5)42(59)32(6)46(62)68-40)69-47-43(60)38(55(12)13)23-30(4)67-47)21-15-20-54-48(63)53(66)29(3)22-37-36-17-16-34-24-35(57)18-19-49(34,8)41(36)39(58)26-50(37,53)9/h24,28-33,36-45,47,58-61,64-66H,14-23,25-27H2,1-13H3,(H,54,63)/t28-,29-,30-,31+,32-,33-,36+,37+,38+,39+,40-,41-,42+,43-,44-,45-,47+,49+,50+,51-,52-,53+/m1/s1. The lowest BCUT2D eigenvalue weighted by Crippen LogP contribution is -2.64. The van der Waals surface area contributed by atoms with E-state index in [-0.39, 0.29) is 78.7 Å². The fraction of sp³-hybridized carbons (Fsp3) is 0.906. The minimum Gasteiger partial charge on any atom is -0.459 e. The molecule has 2 saturated heterocycles. The predicted molar refractivity (Wildman–Crippen MR) is 259 cm³/mol. The van der Waals surface area contributed by atoms with Gasteiger partial charge < -0.3 is 60.2 Å². The number of aliphatic hydroxyl groups excluding tert-OH is 4. The number of rotatable bonds is 9. The summed E-state index contributed by atoms with van der Waals surface area (Å²) in [6.07, 6.45) is -1.73. The average Bonchev–Trinajstić information content (AvgIpc) is 3.48. The fourth-order valence-corrected chi connectivity index (χ4v) is 15.0. The number of ketones is 1. The third-order valence-corrected chi connectivity index (χ3v) is 19.0. The molecule has 16 heteroatoms. The topological polar surface area (TPSA) is 239 Å². The zero-order valence-corrected chi connectivity index (χ0v) is 44.1. The zero-order chi connectivity index (χ0) is 51.5. The SMILES string of the molecule is CC[C@H]1OC(=O)[C@H](C)[C@@H](O)[C@H](C)[C@@H](O[C@@H]2O[C@H](C)C[C@H](N(C)C)[C@H]2O)[C@](C)(O)C[C@@H](C)CN(CCCNC(=O)[C@@]2(O)[C@H](C)C[C@H]3[C@@H]4CCC5=CC(=O)CC[C@]5(C)[C@H]4[C@@H](O)C[C@@]32C)[C@H](C)[C@@H](O)[C@]1(C)O. The van der Waals surface area contributed by atoms with E-state index >= 15 is 0 Å². The second kappa shape index (κ2) is 21.0. The van der Waals surface area contributed by atoms with E-state index in [2.05, 4.69) is 12.2 Å². The van der Waals surface area contributed by atoms with Crippen LogP contribution in [0.2, 0.25) is 0 Å². The number of esters is 1. The molecule has 1 amide bonds. The van der Waals surface area contributed by atoms with Gasteiger partial charge in [-0.05, 0) is 148 Å². The predicted octanol–water partition coefficient (Wildman–Crippen LogP) is 3.33. The molecule has 2 heterocycles. The van der Waals surface area contributed by atoms with E-state index in [1.807, 2.05) is 51.6 Å². The van der Waals surface area contributed by atoms with Gasteiger partial charge in [-0.15, -0.1) is 0 Å². The van der Waals surface area contributed by atoms with E-state index in [0.717, 1.165) is 18.4 Å². The van der Waals surface area contributed by atoms with Gasteiger partial charge in [-0.2, -0.15) is 0 Å².